The number of aromatic nitrogens is 2. The highest BCUT2D eigenvalue weighted by atomic mass is 16.5. The van der Waals surface area contributed by atoms with Gasteiger partial charge in [0.2, 0.25) is 11.8 Å². The molecule has 2 N–H and O–H groups in total. The third-order valence-electron chi connectivity index (χ3n) is 3.01. The molecule has 112 valence electrons. The maximum absolute atomic E-state index is 11.5. The van der Waals surface area contributed by atoms with Crippen molar-refractivity contribution < 1.29 is 29.2 Å². The van der Waals surface area contributed by atoms with Gasteiger partial charge in [0.15, 0.2) is 5.82 Å². The molecule has 0 aromatic carbocycles. The first-order valence-electron chi connectivity index (χ1n) is 5.77. The lowest BCUT2D eigenvalue weighted by Crippen LogP contribution is -2.43. The Bertz CT molecular complexity index is 453. The largest absolute Gasteiger partial charge is 0.481 e. The number of hydrogen-bond donors (Lipinski definition) is 2. The molecule has 1 rings (SSSR count). The first-order valence-corrected chi connectivity index (χ1v) is 5.77. The van der Waals surface area contributed by atoms with Crippen LogP contribution in [0.15, 0.2) is 6.07 Å². The number of rotatable bonds is 7. The number of carbonyl (C=O) groups is 1. The van der Waals surface area contributed by atoms with Crippen LogP contribution in [0.1, 0.15) is 18.7 Å². The Hall–Kier alpha value is -1.93. The summed E-state index contributed by atoms with van der Waals surface area (Å²) in [6.07, 6.45) is 0. The van der Waals surface area contributed by atoms with Crippen LogP contribution in [0.25, 0.3) is 0 Å². The first kappa shape index (κ1) is 16.1. The smallest absolute Gasteiger partial charge is 0.317 e. The maximum Gasteiger partial charge on any atom is 0.317 e. The predicted molar refractivity (Wildman–Crippen MR) is 68.0 cm³/mol. The molecule has 0 amide bonds. The Balaban J connectivity index is 3.38. The zero-order valence-electron chi connectivity index (χ0n) is 11.8. The van der Waals surface area contributed by atoms with E-state index in [1.54, 1.807) is 0 Å². The number of methoxy groups -OCH3 is 3. The lowest BCUT2D eigenvalue weighted by Gasteiger charge is -2.31. The molecule has 0 fully saturated rings. The van der Waals surface area contributed by atoms with E-state index in [0.717, 1.165) is 0 Å². The molecule has 2 unspecified atom stereocenters. The zero-order valence-corrected chi connectivity index (χ0v) is 11.8. The number of aliphatic hydroxyl groups is 1. The molecule has 20 heavy (non-hydrogen) atoms. The minimum Gasteiger partial charge on any atom is -0.481 e. The molecule has 0 aliphatic rings. The van der Waals surface area contributed by atoms with E-state index in [4.69, 9.17) is 14.2 Å². The second-order valence-electron chi connectivity index (χ2n) is 4.26. The van der Waals surface area contributed by atoms with Crippen LogP contribution >= 0.6 is 0 Å². The summed E-state index contributed by atoms with van der Waals surface area (Å²) in [4.78, 5) is 19.5. The third kappa shape index (κ3) is 3.14. The number of carboxylic acids is 1. The van der Waals surface area contributed by atoms with Gasteiger partial charge in [-0.25, -0.2) is 0 Å². The van der Waals surface area contributed by atoms with E-state index in [-0.39, 0.29) is 17.6 Å². The minimum atomic E-state index is -1.37. The van der Waals surface area contributed by atoms with Gasteiger partial charge in [-0.2, -0.15) is 9.97 Å². The van der Waals surface area contributed by atoms with E-state index >= 15 is 0 Å². The maximum atomic E-state index is 11.5. The molecule has 0 radical (unpaired) electrons. The first-order chi connectivity index (χ1) is 9.41. The van der Waals surface area contributed by atoms with Crippen LogP contribution in [-0.2, 0) is 9.53 Å². The lowest BCUT2D eigenvalue weighted by atomic mass is 9.88. The molecule has 0 spiro atoms. The molecule has 1 aromatic rings. The zero-order chi connectivity index (χ0) is 15.3. The quantitative estimate of drug-likeness (QED) is 0.723. The number of nitrogens with zero attached hydrogens (tertiary/aromatic N) is 2. The summed E-state index contributed by atoms with van der Waals surface area (Å²) < 4.78 is 15.1. The van der Waals surface area contributed by atoms with Gasteiger partial charge in [0, 0.05) is 7.11 Å². The highest BCUT2D eigenvalue weighted by Gasteiger charge is 2.43. The summed E-state index contributed by atoms with van der Waals surface area (Å²) in [5.74, 6) is -2.24. The molecule has 0 aliphatic carbocycles. The summed E-state index contributed by atoms with van der Waals surface area (Å²) >= 11 is 0. The fraction of sp³-hybridized carbons (Fsp3) is 0.583. The van der Waals surface area contributed by atoms with E-state index in [2.05, 4.69) is 9.97 Å². The fourth-order valence-electron chi connectivity index (χ4n) is 1.68. The van der Waals surface area contributed by atoms with Crippen molar-refractivity contribution in [2.45, 2.75) is 18.4 Å². The topological polar surface area (TPSA) is 111 Å². The number of ether oxygens (including phenoxy) is 3. The molecular formula is C12H18N2O6. The average Bonchev–Trinajstić information content (AvgIpc) is 2.46. The van der Waals surface area contributed by atoms with Crippen LogP contribution < -0.4 is 9.47 Å². The van der Waals surface area contributed by atoms with Crippen LogP contribution in [0.5, 0.6) is 11.8 Å². The monoisotopic (exact) mass is 286 g/mol. The van der Waals surface area contributed by atoms with E-state index in [1.807, 2.05) is 0 Å². The fourth-order valence-corrected chi connectivity index (χ4v) is 1.68. The van der Waals surface area contributed by atoms with Crippen molar-refractivity contribution in [3.8, 4) is 11.8 Å². The van der Waals surface area contributed by atoms with Crippen molar-refractivity contribution in [3.63, 3.8) is 0 Å². The summed E-state index contributed by atoms with van der Waals surface area (Å²) in [7, 11) is 4.09. The Morgan fingerprint density at radius 2 is 1.80 bits per heavy atom. The Morgan fingerprint density at radius 1 is 1.30 bits per heavy atom. The van der Waals surface area contributed by atoms with E-state index < -0.39 is 24.1 Å². The van der Waals surface area contributed by atoms with Crippen molar-refractivity contribution in [2.75, 3.05) is 27.9 Å². The summed E-state index contributed by atoms with van der Waals surface area (Å²) in [5.41, 5.74) is -1.37. The van der Waals surface area contributed by atoms with Gasteiger partial charge >= 0.3 is 5.97 Å². The van der Waals surface area contributed by atoms with Gasteiger partial charge in [-0.15, -0.1) is 0 Å². The molecule has 0 saturated heterocycles. The van der Waals surface area contributed by atoms with Crippen LogP contribution in [0, 0.1) is 0 Å². The molecular weight excluding hydrogens is 268 g/mol. The molecule has 2 atom stereocenters. The van der Waals surface area contributed by atoms with Crippen molar-refractivity contribution in [1.82, 2.24) is 9.97 Å². The Morgan fingerprint density at radius 3 is 2.10 bits per heavy atom. The van der Waals surface area contributed by atoms with Crippen molar-refractivity contribution in [1.29, 1.82) is 0 Å². The van der Waals surface area contributed by atoms with Crippen molar-refractivity contribution in [3.05, 3.63) is 11.9 Å². The number of aliphatic hydroxyl groups excluding tert-OH is 1. The second kappa shape index (κ2) is 6.49. The van der Waals surface area contributed by atoms with E-state index in [0.29, 0.717) is 0 Å². The van der Waals surface area contributed by atoms with Crippen LogP contribution in [0.3, 0.4) is 0 Å². The average molecular weight is 286 g/mol. The number of aliphatic carboxylic acids is 1. The van der Waals surface area contributed by atoms with Gasteiger partial charge in [0.05, 0.1) is 26.9 Å². The highest BCUT2D eigenvalue weighted by molar-refractivity contribution is 5.76. The third-order valence-corrected chi connectivity index (χ3v) is 3.01. The number of carboxylic acid groups (broad SMARTS) is 1. The van der Waals surface area contributed by atoms with Gasteiger partial charge in [-0.1, -0.05) is 0 Å². The van der Waals surface area contributed by atoms with Gasteiger partial charge in [0.1, 0.15) is 11.5 Å². The normalized spacial score (nSPS) is 15.2. The predicted octanol–water partition coefficient (Wildman–Crippen LogP) is 0.0594. The van der Waals surface area contributed by atoms with Crippen molar-refractivity contribution >= 4 is 5.97 Å². The van der Waals surface area contributed by atoms with E-state index in [9.17, 15) is 15.0 Å². The van der Waals surface area contributed by atoms with Crippen LogP contribution in [0.4, 0.5) is 0 Å². The van der Waals surface area contributed by atoms with Gasteiger partial charge in [-0.05, 0) is 6.92 Å². The Kier molecular flexibility index (Phi) is 5.23. The van der Waals surface area contributed by atoms with Crippen molar-refractivity contribution in [2.24, 2.45) is 0 Å². The van der Waals surface area contributed by atoms with Crippen LogP contribution in [0.2, 0.25) is 0 Å². The summed E-state index contributed by atoms with van der Waals surface area (Å²) in [5, 5.41) is 18.8. The molecule has 0 saturated carbocycles. The van der Waals surface area contributed by atoms with Gasteiger partial charge in [0.25, 0.3) is 0 Å². The molecule has 8 nitrogen and oxygen atoms in total. The standard InChI is InChI=1S/C12H18N2O6/c1-12(6-15,20-4)9(11(16)17)10-13-7(18-2)5-8(14-10)19-3/h5,9,15H,6H2,1-4H3,(H,16,17). The summed E-state index contributed by atoms with van der Waals surface area (Å²) in [6, 6.07) is 1.42. The summed E-state index contributed by atoms with van der Waals surface area (Å²) in [6.45, 7) is 0.949. The molecule has 0 bridgehead atoms. The van der Waals surface area contributed by atoms with E-state index in [1.165, 1.54) is 34.3 Å². The highest BCUT2D eigenvalue weighted by Crippen LogP contribution is 2.31. The van der Waals surface area contributed by atoms with Gasteiger partial charge in [-0.3, -0.25) is 4.79 Å². The Labute approximate surface area is 116 Å². The SMILES string of the molecule is COc1cc(OC)nc(C(C(=O)O)C(C)(CO)OC)n1. The number of hydrogen-bond acceptors (Lipinski definition) is 7. The molecule has 8 heteroatoms. The van der Waals surface area contributed by atoms with Crippen LogP contribution in [-0.4, -0.2) is 59.7 Å². The second-order valence-corrected chi connectivity index (χ2v) is 4.26. The van der Waals surface area contributed by atoms with Gasteiger partial charge < -0.3 is 24.4 Å². The lowest BCUT2D eigenvalue weighted by molar-refractivity contribution is -0.150. The minimum absolute atomic E-state index is 0.0629. The molecule has 1 aromatic heterocycles. The molecule has 1 heterocycles. The molecule has 0 aliphatic heterocycles.